The van der Waals surface area contributed by atoms with Crippen molar-refractivity contribution in [2.24, 2.45) is 0 Å². The number of nitrogens with zero attached hydrogens (tertiary/aromatic N) is 1. The van der Waals surface area contributed by atoms with Gasteiger partial charge in [0.1, 0.15) is 37.8 Å². The Labute approximate surface area is 138 Å². The molecular weight excluding hydrogens is 314 g/mol. The molecule has 126 valence electrons. The van der Waals surface area contributed by atoms with E-state index in [9.17, 15) is 13.6 Å². The Morgan fingerprint density at radius 3 is 2.67 bits per heavy atom. The summed E-state index contributed by atoms with van der Waals surface area (Å²) >= 11 is 0. The van der Waals surface area contributed by atoms with Gasteiger partial charge in [-0.15, -0.1) is 0 Å². The number of pyridine rings is 1. The first-order valence-corrected chi connectivity index (χ1v) is 7.92. The lowest BCUT2D eigenvalue weighted by molar-refractivity contribution is -0.892. The molecule has 3 rings (SSSR count). The lowest BCUT2D eigenvalue weighted by Crippen LogP contribution is -3.15. The molecule has 1 aromatic carbocycles. The van der Waals surface area contributed by atoms with Crippen LogP contribution in [0.25, 0.3) is 0 Å². The maximum Gasteiger partial charge on any atom is 0.279 e. The number of nitrogens with one attached hydrogen (secondary N) is 3. The van der Waals surface area contributed by atoms with E-state index in [2.05, 4.69) is 15.2 Å². The summed E-state index contributed by atoms with van der Waals surface area (Å²) in [5.41, 5.74) is 0.0123. The van der Waals surface area contributed by atoms with Crippen molar-refractivity contribution >= 4 is 17.4 Å². The molecule has 0 radical (unpaired) electrons. The summed E-state index contributed by atoms with van der Waals surface area (Å²) in [7, 11) is 0. The number of H-pyrrole nitrogens is 1. The number of rotatable bonds is 4. The fourth-order valence-electron chi connectivity index (χ4n) is 2.83. The molecule has 1 aromatic heterocycles. The standard InChI is InChI=1S/C17H18F2N4O/c18-13-4-5-15(14(19)11-13)21-17(24)12-22-7-9-23(10-8-22)16-3-1-2-6-20-16/h1-6,11H,7-10,12H2,(H,21,24)/p+2. The van der Waals surface area contributed by atoms with Crippen molar-refractivity contribution in [2.45, 2.75) is 0 Å². The topological polar surface area (TPSA) is 50.9 Å². The van der Waals surface area contributed by atoms with Gasteiger partial charge in [0.15, 0.2) is 6.54 Å². The maximum atomic E-state index is 13.6. The minimum atomic E-state index is -0.761. The second-order valence-electron chi connectivity index (χ2n) is 5.83. The zero-order valence-electron chi connectivity index (χ0n) is 13.2. The second-order valence-corrected chi connectivity index (χ2v) is 5.83. The number of aromatic amines is 1. The van der Waals surface area contributed by atoms with Gasteiger partial charge in [-0.3, -0.25) is 9.69 Å². The van der Waals surface area contributed by atoms with Gasteiger partial charge in [-0.05, 0) is 18.2 Å². The smallest absolute Gasteiger partial charge is 0.279 e. The highest BCUT2D eigenvalue weighted by atomic mass is 19.1. The van der Waals surface area contributed by atoms with Crippen LogP contribution in [0.5, 0.6) is 0 Å². The summed E-state index contributed by atoms with van der Waals surface area (Å²) in [6.07, 6.45) is 1.89. The molecule has 2 heterocycles. The number of piperazine rings is 1. The Bertz CT molecular complexity index is 703. The molecule has 0 saturated carbocycles. The third-order valence-corrected chi connectivity index (χ3v) is 4.12. The molecule has 0 atom stereocenters. The molecule has 0 bridgehead atoms. The monoisotopic (exact) mass is 334 g/mol. The number of carbonyl (C=O) groups is 1. The number of aromatic nitrogens is 1. The van der Waals surface area contributed by atoms with Crippen LogP contribution in [0.4, 0.5) is 20.3 Å². The normalized spacial score (nSPS) is 15.3. The number of halogens is 2. The first kappa shape index (κ1) is 16.3. The lowest BCUT2D eigenvalue weighted by Gasteiger charge is -2.27. The molecule has 0 aliphatic carbocycles. The molecule has 2 aromatic rings. The highest BCUT2D eigenvalue weighted by Gasteiger charge is 2.27. The van der Waals surface area contributed by atoms with Gasteiger partial charge in [0.25, 0.3) is 11.7 Å². The van der Waals surface area contributed by atoms with E-state index in [0.717, 1.165) is 49.0 Å². The van der Waals surface area contributed by atoms with Gasteiger partial charge < -0.3 is 10.2 Å². The molecule has 1 aliphatic heterocycles. The Morgan fingerprint density at radius 1 is 1.21 bits per heavy atom. The van der Waals surface area contributed by atoms with Crippen molar-refractivity contribution in [2.75, 3.05) is 42.9 Å². The zero-order valence-corrected chi connectivity index (χ0v) is 13.2. The van der Waals surface area contributed by atoms with Crippen LogP contribution in [0.15, 0.2) is 42.6 Å². The molecule has 24 heavy (non-hydrogen) atoms. The molecule has 1 aliphatic rings. The Balaban J connectivity index is 1.50. The van der Waals surface area contributed by atoms with Crippen molar-refractivity contribution in [1.29, 1.82) is 0 Å². The summed E-state index contributed by atoms with van der Waals surface area (Å²) in [6, 6.07) is 9.06. The van der Waals surface area contributed by atoms with Gasteiger partial charge >= 0.3 is 0 Å². The van der Waals surface area contributed by atoms with Crippen LogP contribution in [0.3, 0.4) is 0 Å². The third-order valence-electron chi connectivity index (χ3n) is 4.12. The van der Waals surface area contributed by atoms with Crippen LogP contribution in [0, 0.1) is 11.6 Å². The summed E-state index contributed by atoms with van der Waals surface area (Å²) in [5.74, 6) is -0.627. The van der Waals surface area contributed by atoms with Gasteiger partial charge in [0.2, 0.25) is 0 Å². The van der Waals surface area contributed by atoms with E-state index in [4.69, 9.17) is 0 Å². The van der Waals surface area contributed by atoms with Crippen molar-refractivity contribution in [1.82, 2.24) is 0 Å². The average Bonchev–Trinajstić information content (AvgIpc) is 2.59. The number of anilines is 2. The number of benzene rings is 1. The number of amides is 1. The quantitative estimate of drug-likeness (QED) is 0.835. The van der Waals surface area contributed by atoms with Gasteiger partial charge in [-0.25, -0.2) is 13.8 Å². The first-order chi connectivity index (χ1) is 11.6. The Morgan fingerprint density at radius 2 is 2.00 bits per heavy atom. The molecule has 3 N–H and O–H groups in total. The van der Waals surface area contributed by atoms with Crippen LogP contribution < -0.4 is 20.1 Å². The predicted octanol–water partition coefficient (Wildman–Crippen LogP) is 0.123. The van der Waals surface area contributed by atoms with E-state index in [1.807, 2.05) is 24.4 Å². The van der Waals surface area contributed by atoms with E-state index < -0.39 is 11.6 Å². The van der Waals surface area contributed by atoms with Crippen LogP contribution in [-0.4, -0.2) is 38.6 Å². The zero-order chi connectivity index (χ0) is 16.9. The van der Waals surface area contributed by atoms with Crippen molar-refractivity contribution in [3.8, 4) is 0 Å². The Kier molecular flexibility index (Phi) is 5.00. The summed E-state index contributed by atoms with van der Waals surface area (Å²) in [6.45, 7) is 3.59. The molecule has 0 unspecified atom stereocenters. The number of hydrogen-bond donors (Lipinski definition) is 2. The number of hydrogen-bond acceptors (Lipinski definition) is 2. The minimum absolute atomic E-state index is 0.0123. The Hall–Kier alpha value is -2.54. The van der Waals surface area contributed by atoms with E-state index >= 15 is 0 Å². The largest absolute Gasteiger partial charge is 0.321 e. The van der Waals surface area contributed by atoms with E-state index in [1.54, 1.807) is 0 Å². The van der Waals surface area contributed by atoms with Crippen LogP contribution in [-0.2, 0) is 4.79 Å². The van der Waals surface area contributed by atoms with Crippen LogP contribution >= 0.6 is 0 Å². The third kappa shape index (κ3) is 4.05. The molecule has 0 spiro atoms. The van der Waals surface area contributed by atoms with Gasteiger partial charge in [-0.1, -0.05) is 6.07 Å². The van der Waals surface area contributed by atoms with Gasteiger partial charge in [-0.2, -0.15) is 0 Å². The summed E-state index contributed by atoms with van der Waals surface area (Å²) < 4.78 is 26.4. The molecule has 1 fully saturated rings. The number of quaternary nitrogens is 1. The second kappa shape index (κ2) is 7.35. The van der Waals surface area contributed by atoms with Gasteiger partial charge in [0.05, 0.1) is 11.9 Å². The highest BCUT2D eigenvalue weighted by molar-refractivity contribution is 5.91. The average molecular weight is 334 g/mol. The molecular formula is C17H20F2N4O+2. The van der Waals surface area contributed by atoms with Crippen molar-refractivity contribution < 1.29 is 23.5 Å². The molecule has 1 saturated heterocycles. The fraction of sp³-hybridized carbons (Fsp3) is 0.294. The van der Waals surface area contributed by atoms with E-state index in [1.165, 1.54) is 6.07 Å². The van der Waals surface area contributed by atoms with Crippen molar-refractivity contribution in [3.05, 3.63) is 54.2 Å². The fourth-order valence-corrected chi connectivity index (χ4v) is 2.83. The van der Waals surface area contributed by atoms with E-state index in [-0.39, 0.29) is 18.1 Å². The van der Waals surface area contributed by atoms with Gasteiger partial charge in [0, 0.05) is 12.1 Å². The van der Waals surface area contributed by atoms with Crippen LogP contribution in [0.2, 0.25) is 0 Å². The summed E-state index contributed by atoms with van der Waals surface area (Å²) in [4.78, 5) is 18.6. The minimum Gasteiger partial charge on any atom is -0.321 e. The molecule has 7 heteroatoms. The summed E-state index contributed by atoms with van der Waals surface area (Å²) in [5, 5.41) is 2.51. The SMILES string of the molecule is O=C(C[NH+]1CCN(c2cccc[nH+]2)CC1)Nc1ccc(F)cc1F. The first-order valence-electron chi connectivity index (χ1n) is 7.92. The lowest BCUT2D eigenvalue weighted by atomic mass is 10.2. The van der Waals surface area contributed by atoms with Crippen LogP contribution in [0.1, 0.15) is 0 Å². The maximum absolute atomic E-state index is 13.6. The number of carbonyl (C=O) groups excluding carboxylic acids is 1. The highest BCUT2D eigenvalue weighted by Crippen LogP contribution is 2.14. The van der Waals surface area contributed by atoms with Crippen molar-refractivity contribution in [3.63, 3.8) is 0 Å². The van der Waals surface area contributed by atoms with E-state index in [0.29, 0.717) is 0 Å². The molecule has 1 amide bonds. The predicted molar refractivity (Wildman–Crippen MR) is 85.8 cm³/mol. The molecule has 5 nitrogen and oxygen atoms in total.